The van der Waals surface area contributed by atoms with Gasteiger partial charge in [0.1, 0.15) is 5.82 Å². The molecule has 26 heavy (non-hydrogen) atoms. The van der Waals surface area contributed by atoms with Gasteiger partial charge in [0, 0.05) is 34.9 Å². The zero-order chi connectivity index (χ0) is 18.5. The molecular weight excluding hydrogens is 415 g/mol. The monoisotopic (exact) mass is 436 g/mol. The molecule has 0 aliphatic carbocycles. The van der Waals surface area contributed by atoms with E-state index < -0.39 is 0 Å². The van der Waals surface area contributed by atoms with Crippen LogP contribution in [-0.4, -0.2) is 23.3 Å². The molecule has 1 N–H and O–H groups in total. The van der Waals surface area contributed by atoms with Gasteiger partial charge in [-0.15, -0.1) is 0 Å². The van der Waals surface area contributed by atoms with Gasteiger partial charge in [0.15, 0.2) is 0 Å². The minimum absolute atomic E-state index is 0.0524. The van der Waals surface area contributed by atoms with Gasteiger partial charge in [-0.25, -0.2) is 8.70 Å². The molecule has 1 heterocycles. The Kier molecular flexibility index (Phi) is 6.73. The molecule has 0 saturated carbocycles. The first-order chi connectivity index (χ1) is 12.5. The Balaban J connectivity index is 1.45. The lowest BCUT2D eigenvalue weighted by molar-refractivity contribution is -0.126. The molecule has 0 unspecified atom stereocenters. The number of piperidine rings is 1. The molecule has 0 radical (unpaired) electrons. The Morgan fingerprint density at radius 3 is 2.58 bits per heavy atom. The van der Waals surface area contributed by atoms with E-state index >= 15 is 0 Å². The molecule has 2 aromatic rings. The van der Waals surface area contributed by atoms with Crippen LogP contribution in [0.25, 0.3) is 0 Å². The van der Waals surface area contributed by atoms with Gasteiger partial charge in [-0.2, -0.15) is 0 Å². The van der Waals surface area contributed by atoms with Crippen molar-refractivity contribution in [2.45, 2.75) is 31.2 Å². The first-order valence-electron chi connectivity index (χ1n) is 8.72. The third-order valence-electron chi connectivity index (χ3n) is 4.45. The highest BCUT2D eigenvalue weighted by molar-refractivity contribution is 9.10. The topological polar surface area (TPSA) is 32.3 Å². The van der Waals surface area contributed by atoms with Crippen LogP contribution in [0.1, 0.15) is 24.0 Å². The van der Waals surface area contributed by atoms with Gasteiger partial charge in [-0.05, 0) is 73.2 Å². The minimum Gasteiger partial charge on any atom is -0.352 e. The summed E-state index contributed by atoms with van der Waals surface area (Å²) in [7, 11) is 0. The van der Waals surface area contributed by atoms with Crippen molar-refractivity contribution in [1.82, 2.24) is 9.62 Å². The molecule has 1 aliphatic rings. The van der Waals surface area contributed by atoms with Crippen LogP contribution < -0.4 is 5.32 Å². The van der Waals surface area contributed by atoms with Crippen LogP contribution in [0.2, 0.25) is 0 Å². The van der Waals surface area contributed by atoms with E-state index in [2.05, 4.69) is 50.7 Å². The van der Waals surface area contributed by atoms with E-state index in [1.807, 2.05) is 0 Å². The van der Waals surface area contributed by atoms with E-state index in [0.29, 0.717) is 6.54 Å². The summed E-state index contributed by atoms with van der Waals surface area (Å²) in [5.74, 6) is -0.112. The molecule has 6 heteroatoms. The van der Waals surface area contributed by atoms with E-state index in [4.69, 9.17) is 0 Å². The highest BCUT2D eigenvalue weighted by atomic mass is 79.9. The minimum atomic E-state index is -0.259. The van der Waals surface area contributed by atoms with E-state index in [0.717, 1.165) is 36.0 Å². The lowest BCUT2D eigenvalue weighted by Crippen LogP contribution is -2.37. The Labute approximate surface area is 166 Å². The number of hydrogen-bond acceptors (Lipinski definition) is 3. The lowest BCUT2D eigenvalue weighted by atomic mass is 9.97. The SMILES string of the molecule is Cc1cc(Br)cc(SN2CCC(C(=O)NCc3ccc(F)cc3)CC2)c1. The summed E-state index contributed by atoms with van der Waals surface area (Å²) in [5.41, 5.74) is 2.15. The molecule has 0 spiro atoms. The zero-order valence-electron chi connectivity index (χ0n) is 14.7. The van der Waals surface area contributed by atoms with Gasteiger partial charge < -0.3 is 5.32 Å². The molecule has 0 atom stereocenters. The summed E-state index contributed by atoms with van der Waals surface area (Å²) in [5, 5.41) is 2.97. The number of hydrogen-bond donors (Lipinski definition) is 1. The second-order valence-electron chi connectivity index (χ2n) is 6.60. The summed E-state index contributed by atoms with van der Waals surface area (Å²) < 4.78 is 16.3. The molecule has 138 valence electrons. The molecule has 0 bridgehead atoms. The molecule has 1 saturated heterocycles. The van der Waals surface area contributed by atoms with Gasteiger partial charge in [0.25, 0.3) is 0 Å². The van der Waals surface area contributed by atoms with Gasteiger partial charge >= 0.3 is 0 Å². The molecule has 3 rings (SSSR count). The van der Waals surface area contributed by atoms with E-state index in [9.17, 15) is 9.18 Å². The standard InChI is InChI=1S/C20H22BrFN2OS/c1-14-10-17(21)12-19(11-14)26-24-8-6-16(7-9-24)20(25)23-13-15-2-4-18(22)5-3-15/h2-5,10-12,16H,6-9,13H2,1H3,(H,23,25). The van der Waals surface area contributed by atoms with Crippen LogP contribution in [0, 0.1) is 18.7 Å². The number of aryl methyl sites for hydroxylation is 1. The first kappa shape index (κ1) is 19.4. The van der Waals surface area contributed by atoms with Crippen molar-refractivity contribution in [3.63, 3.8) is 0 Å². The Hall–Kier alpha value is -1.37. The molecule has 3 nitrogen and oxygen atoms in total. The third-order valence-corrected chi connectivity index (χ3v) is 5.98. The van der Waals surface area contributed by atoms with Crippen LogP contribution in [0.15, 0.2) is 51.8 Å². The second-order valence-corrected chi connectivity index (χ2v) is 8.69. The molecule has 2 aromatic carbocycles. The molecule has 1 fully saturated rings. The van der Waals surface area contributed by atoms with E-state index in [1.165, 1.54) is 22.6 Å². The third kappa shape index (κ3) is 5.56. The number of nitrogens with zero attached hydrogens (tertiary/aromatic N) is 1. The van der Waals surface area contributed by atoms with Crippen molar-refractivity contribution in [1.29, 1.82) is 0 Å². The van der Waals surface area contributed by atoms with Gasteiger partial charge in [-0.1, -0.05) is 28.1 Å². The fourth-order valence-electron chi connectivity index (χ4n) is 3.05. The number of rotatable bonds is 5. The van der Waals surface area contributed by atoms with Crippen molar-refractivity contribution in [2.24, 2.45) is 5.92 Å². The van der Waals surface area contributed by atoms with Gasteiger partial charge in [0.05, 0.1) is 0 Å². The highest BCUT2D eigenvalue weighted by Crippen LogP contribution is 2.30. The van der Waals surface area contributed by atoms with Crippen molar-refractivity contribution >= 4 is 33.8 Å². The highest BCUT2D eigenvalue weighted by Gasteiger charge is 2.25. The maximum absolute atomic E-state index is 12.9. The number of nitrogens with one attached hydrogen (secondary N) is 1. The van der Waals surface area contributed by atoms with Crippen molar-refractivity contribution in [2.75, 3.05) is 13.1 Å². The average Bonchev–Trinajstić information content (AvgIpc) is 2.61. The Morgan fingerprint density at radius 1 is 1.23 bits per heavy atom. The second kappa shape index (κ2) is 9.02. The smallest absolute Gasteiger partial charge is 0.223 e. The number of carbonyl (C=O) groups is 1. The van der Waals surface area contributed by atoms with Crippen molar-refractivity contribution in [3.8, 4) is 0 Å². The number of benzene rings is 2. The van der Waals surface area contributed by atoms with Crippen LogP contribution in [0.4, 0.5) is 4.39 Å². The summed E-state index contributed by atoms with van der Waals surface area (Å²) in [6.45, 7) is 4.33. The van der Waals surface area contributed by atoms with Crippen LogP contribution >= 0.6 is 27.9 Å². The largest absolute Gasteiger partial charge is 0.352 e. The van der Waals surface area contributed by atoms with Crippen LogP contribution in [0.5, 0.6) is 0 Å². The fraction of sp³-hybridized carbons (Fsp3) is 0.350. The molecule has 0 aromatic heterocycles. The molecule has 1 amide bonds. The predicted molar refractivity (Wildman–Crippen MR) is 107 cm³/mol. The number of carbonyl (C=O) groups excluding carboxylic acids is 1. The quantitative estimate of drug-likeness (QED) is 0.674. The van der Waals surface area contributed by atoms with E-state index in [1.54, 1.807) is 24.1 Å². The zero-order valence-corrected chi connectivity index (χ0v) is 17.1. The average molecular weight is 437 g/mol. The molecule has 1 aliphatic heterocycles. The van der Waals surface area contributed by atoms with Gasteiger partial charge in [0.2, 0.25) is 5.91 Å². The van der Waals surface area contributed by atoms with Crippen LogP contribution in [0.3, 0.4) is 0 Å². The van der Waals surface area contributed by atoms with Crippen LogP contribution in [-0.2, 0) is 11.3 Å². The first-order valence-corrected chi connectivity index (χ1v) is 10.3. The fourth-order valence-corrected chi connectivity index (χ4v) is 4.92. The lowest BCUT2D eigenvalue weighted by Gasteiger charge is -2.30. The van der Waals surface area contributed by atoms with Crippen molar-refractivity contribution < 1.29 is 9.18 Å². The van der Waals surface area contributed by atoms with Crippen molar-refractivity contribution in [3.05, 3.63) is 63.9 Å². The maximum Gasteiger partial charge on any atom is 0.223 e. The normalized spacial score (nSPS) is 15.8. The Morgan fingerprint density at radius 2 is 1.92 bits per heavy atom. The summed E-state index contributed by atoms with van der Waals surface area (Å²) >= 11 is 5.30. The maximum atomic E-state index is 12.9. The predicted octanol–water partition coefficient (Wildman–Crippen LogP) is 4.93. The number of amides is 1. The van der Waals surface area contributed by atoms with E-state index in [-0.39, 0.29) is 17.6 Å². The molecular formula is C20H22BrFN2OS. The summed E-state index contributed by atoms with van der Waals surface area (Å²) in [6, 6.07) is 12.6. The Bertz CT molecular complexity index is 741. The summed E-state index contributed by atoms with van der Waals surface area (Å²) in [6.07, 6.45) is 1.71. The number of halogens is 2. The summed E-state index contributed by atoms with van der Waals surface area (Å²) in [4.78, 5) is 13.6. The van der Waals surface area contributed by atoms with Gasteiger partial charge in [-0.3, -0.25) is 4.79 Å².